The van der Waals surface area contributed by atoms with Gasteiger partial charge in [0.2, 0.25) is 0 Å². The first-order chi connectivity index (χ1) is 10.3. The number of urea groups is 1. The van der Waals surface area contributed by atoms with Gasteiger partial charge in [-0.15, -0.1) is 0 Å². The molecule has 0 radical (unpaired) electrons. The van der Waals surface area contributed by atoms with Crippen molar-refractivity contribution < 1.29 is 27.8 Å². The lowest BCUT2D eigenvalue weighted by atomic mass is 10.2. The largest absolute Gasteiger partial charge is 0.484 e. The van der Waals surface area contributed by atoms with Crippen molar-refractivity contribution in [3.63, 3.8) is 0 Å². The molecule has 124 valence electrons. The third-order valence-electron chi connectivity index (χ3n) is 2.61. The number of rotatable bonds is 7. The van der Waals surface area contributed by atoms with Crippen LogP contribution < -0.4 is 15.4 Å². The van der Waals surface area contributed by atoms with E-state index in [4.69, 9.17) is 0 Å². The van der Waals surface area contributed by atoms with Crippen LogP contribution in [-0.2, 0) is 0 Å². The van der Waals surface area contributed by atoms with Crippen LogP contribution in [0.4, 0.5) is 23.7 Å². The van der Waals surface area contributed by atoms with E-state index in [9.17, 15) is 23.1 Å². The molecule has 0 aliphatic rings. The molecule has 8 heteroatoms. The average Bonchev–Trinajstić information content (AvgIpc) is 2.43. The van der Waals surface area contributed by atoms with E-state index in [1.807, 2.05) is 6.92 Å². The normalized spacial score (nSPS) is 12.6. The van der Waals surface area contributed by atoms with Crippen LogP contribution in [0.2, 0.25) is 0 Å². The van der Waals surface area contributed by atoms with Gasteiger partial charge in [0.1, 0.15) is 5.75 Å². The summed E-state index contributed by atoms with van der Waals surface area (Å²) in [5.74, 6) is 0.00106. The van der Waals surface area contributed by atoms with Gasteiger partial charge in [-0.2, -0.15) is 13.2 Å². The third kappa shape index (κ3) is 7.72. The molecule has 0 fully saturated rings. The van der Waals surface area contributed by atoms with Crippen LogP contribution in [0.5, 0.6) is 5.75 Å². The smallest absolute Gasteiger partial charge is 0.422 e. The summed E-state index contributed by atoms with van der Waals surface area (Å²) in [6.07, 6.45) is -3.68. The lowest BCUT2D eigenvalue weighted by Gasteiger charge is -2.13. The summed E-state index contributed by atoms with van der Waals surface area (Å²) in [5.41, 5.74) is 0.294. The second kappa shape index (κ2) is 8.47. The van der Waals surface area contributed by atoms with E-state index in [1.54, 1.807) is 0 Å². The SMILES string of the molecule is CCCC(O)CNC(=O)Nc1cccc(OCC(F)(F)F)c1. The van der Waals surface area contributed by atoms with Crippen molar-refractivity contribution in [2.45, 2.75) is 32.0 Å². The standard InChI is InChI=1S/C14H19F3N2O3/c1-2-4-11(20)8-18-13(21)19-10-5-3-6-12(7-10)22-9-14(15,16)17/h3,5-7,11,20H,2,4,8-9H2,1H3,(H2,18,19,21). The van der Waals surface area contributed by atoms with Gasteiger partial charge in [0.05, 0.1) is 6.10 Å². The van der Waals surface area contributed by atoms with Gasteiger partial charge in [-0.3, -0.25) is 0 Å². The van der Waals surface area contributed by atoms with Crippen molar-refractivity contribution in [3.05, 3.63) is 24.3 Å². The zero-order valence-electron chi connectivity index (χ0n) is 12.1. The summed E-state index contributed by atoms with van der Waals surface area (Å²) in [5, 5.41) is 14.4. The highest BCUT2D eigenvalue weighted by Crippen LogP contribution is 2.21. The maximum atomic E-state index is 12.1. The molecule has 0 spiro atoms. The summed E-state index contributed by atoms with van der Waals surface area (Å²) < 4.78 is 40.8. The number of aliphatic hydroxyl groups excluding tert-OH is 1. The Labute approximate surface area is 126 Å². The molecule has 1 aromatic rings. The molecule has 2 amide bonds. The Bertz CT molecular complexity index is 481. The number of hydrogen-bond acceptors (Lipinski definition) is 3. The van der Waals surface area contributed by atoms with E-state index >= 15 is 0 Å². The Kier molecular flexibility index (Phi) is 6.97. The van der Waals surface area contributed by atoms with Crippen LogP contribution in [0, 0.1) is 0 Å². The van der Waals surface area contributed by atoms with Crippen molar-refractivity contribution in [1.82, 2.24) is 5.32 Å². The summed E-state index contributed by atoms with van der Waals surface area (Å²) in [7, 11) is 0. The predicted octanol–water partition coefficient (Wildman–Crippen LogP) is 2.91. The van der Waals surface area contributed by atoms with E-state index in [1.165, 1.54) is 24.3 Å². The minimum Gasteiger partial charge on any atom is -0.484 e. The number of carbonyl (C=O) groups is 1. The Balaban J connectivity index is 2.46. The maximum Gasteiger partial charge on any atom is 0.422 e. The zero-order chi connectivity index (χ0) is 16.6. The molecule has 22 heavy (non-hydrogen) atoms. The molecule has 0 aliphatic heterocycles. The minimum absolute atomic E-state index is 0.00106. The van der Waals surface area contributed by atoms with Crippen LogP contribution in [0.25, 0.3) is 0 Å². The van der Waals surface area contributed by atoms with Crippen molar-refractivity contribution in [1.29, 1.82) is 0 Å². The van der Waals surface area contributed by atoms with Gasteiger partial charge in [0, 0.05) is 18.3 Å². The number of alkyl halides is 3. The quantitative estimate of drug-likeness (QED) is 0.723. The number of aliphatic hydroxyl groups is 1. The monoisotopic (exact) mass is 320 g/mol. The number of nitrogens with one attached hydrogen (secondary N) is 2. The Hall–Kier alpha value is -1.96. The van der Waals surface area contributed by atoms with Crippen LogP contribution in [-0.4, -0.2) is 36.6 Å². The molecule has 0 aliphatic carbocycles. The lowest BCUT2D eigenvalue weighted by molar-refractivity contribution is -0.153. The first-order valence-electron chi connectivity index (χ1n) is 6.82. The van der Waals surface area contributed by atoms with E-state index in [-0.39, 0.29) is 12.3 Å². The third-order valence-corrected chi connectivity index (χ3v) is 2.61. The highest BCUT2D eigenvalue weighted by molar-refractivity contribution is 5.89. The molecule has 3 N–H and O–H groups in total. The number of hydrogen-bond donors (Lipinski definition) is 3. The Morgan fingerprint density at radius 2 is 2.14 bits per heavy atom. The van der Waals surface area contributed by atoms with Crippen LogP contribution >= 0.6 is 0 Å². The first kappa shape index (κ1) is 18.1. The van der Waals surface area contributed by atoms with Crippen molar-refractivity contribution in [3.8, 4) is 5.75 Å². The maximum absolute atomic E-state index is 12.1. The summed E-state index contributed by atoms with van der Waals surface area (Å²) in [6, 6.07) is 5.08. The number of anilines is 1. The molecule has 1 unspecified atom stereocenters. The molecule has 0 saturated carbocycles. The van der Waals surface area contributed by atoms with Gasteiger partial charge in [-0.1, -0.05) is 19.4 Å². The van der Waals surface area contributed by atoms with E-state index in [2.05, 4.69) is 15.4 Å². The summed E-state index contributed by atoms with van der Waals surface area (Å²) in [6.45, 7) is 0.617. The van der Waals surface area contributed by atoms with Gasteiger partial charge in [0.15, 0.2) is 6.61 Å². The molecule has 0 saturated heterocycles. The molecule has 1 aromatic carbocycles. The zero-order valence-corrected chi connectivity index (χ0v) is 12.1. The van der Waals surface area contributed by atoms with E-state index in [0.29, 0.717) is 12.1 Å². The van der Waals surface area contributed by atoms with Gasteiger partial charge >= 0.3 is 12.2 Å². The fourth-order valence-electron chi connectivity index (χ4n) is 1.65. The Morgan fingerprint density at radius 3 is 2.77 bits per heavy atom. The van der Waals surface area contributed by atoms with Gasteiger partial charge in [-0.05, 0) is 18.6 Å². The van der Waals surface area contributed by atoms with Crippen LogP contribution in [0.15, 0.2) is 24.3 Å². The number of benzene rings is 1. The second-order valence-electron chi connectivity index (χ2n) is 4.71. The van der Waals surface area contributed by atoms with E-state index in [0.717, 1.165) is 6.42 Å². The van der Waals surface area contributed by atoms with Crippen molar-refractivity contribution >= 4 is 11.7 Å². The number of amides is 2. The van der Waals surface area contributed by atoms with Crippen molar-refractivity contribution in [2.75, 3.05) is 18.5 Å². The minimum atomic E-state index is -4.42. The highest BCUT2D eigenvalue weighted by atomic mass is 19.4. The highest BCUT2D eigenvalue weighted by Gasteiger charge is 2.28. The number of ether oxygens (including phenoxy) is 1. The molecule has 0 aromatic heterocycles. The molecule has 1 atom stereocenters. The van der Waals surface area contributed by atoms with Gasteiger partial charge in [0.25, 0.3) is 0 Å². The number of carbonyl (C=O) groups excluding carboxylic acids is 1. The fraction of sp³-hybridized carbons (Fsp3) is 0.500. The number of halogens is 3. The molecule has 1 rings (SSSR count). The molecule has 5 nitrogen and oxygen atoms in total. The topological polar surface area (TPSA) is 70.6 Å². The van der Waals surface area contributed by atoms with Crippen LogP contribution in [0.3, 0.4) is 0 Å². The second-order valence-corrected chi connectivity index (χ2v) is 4.71. The average molecular weight is 320 g/mol. The van der Waals surface area contributed by atoms with E-state index < -0.39 is 24.9 Å². The van der Waals surface area contributed by atoms with Gasteiger partial charge in [-0.25, -0.2) is 4.79 Å². The molecule has 0 bridgehead atoms. The molecular weight excluding hydrogens is 301 g/mol. The van der Waals surface area contributed by atoms with Crippen LogP contribution in [0.1, 0.15) is 19.8 Å². The Morgan fingerprint density at radius 1 is 1.41 bits per heavy atom. The fourth-order valence-corrected chi connectivity index (χ4v) is 1.65. The first-order valence-corrected chi connectivity index (χ1v) is 6.82. The molecule has 0 heterocycles. The van der Waals surface area contributed by atoms with Crippen molar-refractivity contribution in [2.24, 2.45) is 0 Å². The predicted molar refractivity (Wildman–Crippen MR) is 75.9 cm³/mol. The molecular formula is C14H19F3N2O3. The summed E-state index contributed by atoms with van der Waals surface area (Å²) in [4.78, 5) is 11.6. The summed E-state index contributed by atoms with van der Waals surface area (Å²) >= 11 is 0. The lowest BCUT2D eigenvalue weighted by Crippen LogP contribution is -2.35. The van der Waals surface area contributed by atoms with Gasteiger partial charge < -0.3 is 20.5 Å².